The van der Waals surface area contributed by atoms with E-state index in [-0.39, 0.29) is 5.91 Å². The Bertz CT molecular complexity index is 497. The molecule has 0 saturated carbocycles. The summed E-state index contributed by atoms with van der Waals surface area (Å²) in [5, 5.41) is 2.74. The van der Waals surface area contributed by atoms with Crippen LogP contribution in [0.2, 0.25) is 0 Å². The number of nitrogens with zero attached hydrogens (tertiary/aromatic N) is 2. The van der Waals surface area contributed by atoms with Gasteiger partial charge in [0.15, 0.2) is 0 Å². The molecule has 0 saturated heterocycles. The minimum atomic E-state index is -0.240. The molecule has 86 valence electrons. The molecule has 0 aliphatic carbocycles. The Balaban J connectivity index is 2.08. The average Bonchev–Trinajstić information content (AvgIpc) is 2.40. The van der Waals surface area contributed by atoms with Crippen molar-refractivity contribution in [2.45, 2.75) is 0 Å². The van der Waals surface area contributed by atoms with Crippen molar-refractivity contribution in [2.75, 3.05) is 12.4 Å². The first-order valence-corrected chi connectivity index (χ1v) is 5.00. The molecular weight excluding hydrogens is 218 g/mol. The number of hydrogen-bond donors (Lipinski definition) is 1. The lowest BCUT2D eigenvalue weighted by atomic mass is 10.2. The number of nitrogens with one attached hydrogen (secondary N) is 1. The molecule has 0 spiro atoms. The van der Waals surface area contributed by atoms with E-state index in [1.54, 1.807) is 31.4 Å². The van der Waals surface area contributed by atoms with Gasteiger partial charge in [-0.25, -0.2) is 9.97 Å². The summed E-state index contributed by atoms with van der Waals surface area (Å²) in [5.74, 6) is 0.502. The second kappa shape index (κ2) is 5.07. The highest BCUT2D eigenvalue weighted by Crippen LogP contribution is 2.15. The highest BCUT2D eigenvalue weighted by molar-refractivity contribution is 6.03. The van der Waals surface area contributed by atoms with Crippen LogP contribution >= 0.6 is 0 Å². The van der Waals surface area contributed by atoms with Crippen LogP contribution in [0, 0.1) is 0 Å². The van der Waals surface area contributed by atoms with Crippen LogP contribution in [-0.2, 0) is 0 Å². The van der Waals surface area contributed by atoms with Crippen molar-refractivity contribution in [3.8, 4) is 5.75 Å². The molecule has 0 bridgehead atoms. The quantitative estimate of drug-likeness (QED) is 0.870. The molecular formula is C12H11N3O2. The third kappa shape index (κ3) is 2.78. The summed E-state index contributed by atoms with van der Waals surface area (Å²) in [6.45, 7) is 0. The van der Waals surface area contributed by atoms with E-state index in [0.717, 1.165) is 5.75 Å². The number of aromatic nitrogens is 2. The zero-order chi connectivity index (χ0) is 12.1. The van der Waals surface area contributed by atoms with E-state index >= 15 is 0 Å². The number of methoxy groups -OCH3 is 1. The Morgan fingerprint density at radius 3 is 2.41 bits per heavy atom. The zero-order valence-corrected chi connectivity index (χ0v) is 9.25. The predicted octanol–water partition coefficient (Wildman–Crippen LogP) is 1.74. The van der Waals surface area contributed by atoms with Crippen LogP contribution in [0.3, 0.4) is 0 Å². The standard InChI is InChI=1S/C12H11N3O2/c1-17-11-4-2-10(3-5-11)15-12(16)9-6-13-8-14-7-9/h2-8H,1H3,(H,15,16). The van der Waals surface area contributed by atoms with E-state index in [1.807, 2.05) is 0 Å². The second-order valence-corrected chi connectivity index (χ2v) is 3.31. The van der Waals surface area contributed by atoms with Crippen LogP contribution < -0.4 is 10.1 Å². The molecule has 0 atom stereocenters. The highest BCUT2D eigenvalue weighted by Gasteiger charge is 2.05. The molecule has 0 fully saturated rings. The van der Waals surface area contributed by atoms with Gasteiger partial charge in [0.1, 0.15) is 12.1 Å². The third-order valence-electron chi connectivity index (χ3n) is 2.17. The molecule has 5 nitrogen and oxygen atoms in total. The fraction of sp³-hybridized carbons (Fsp3) is 0.0833. The van der Waals surface area contributed by atoms with Crippen molar-refractivity contribution < 1.29 is 9.53 Å². The number of carbonyl (C=O) groups is 1. The summed E-state index contributed by atoms with van der Waals surface area (Å²) in [6, 6.07) is 7.08. The molecule has 1 aromatic heterocycles. The van der Waals surface area contributed by atoms with Crippen molar-refractivity contribution >= 4 is 11.6 Å². The van der Waals surface area contributed by atoms with Crippen molar-refractivity contribution in [2.24, 2.45) is 0 Å². The van der Waals surface area contributed by atoms with Crippen LogP contribution in [0.1, 0.15) is 10.4 Å². The summed E-state index contributed by atoms with van der Waals surface area (Å²) in [5.41, 5.74) is 1.11. The largest absolute Gasteiger partial charge is 0.497 e. The summed E-state index contributed by atoms with van der Waals surface area (Å²) in [7, 11) is 1.59. The van der Waals surface area contributed by atoms with Gasteiger partial charge in [-0.3, -0.25) is 4.79 Å². The maximum Gasteiger partial charge on any atom is 0.258 e. The van der Waals surface area contributed by atoms with Crippen LogP contribution in [0.15, 0.2) is 43.0 Å². The van der Waals surface area contributed by atoms with Crippen molar-refractivity contribution in [3.63, 3.8) is 0 Å². The van der Waals surface area contributed by atoms with Crippen LogP contribution in [0.5, 0.6) is 5.75 Å². The number of hydrogen-bond acceptors (Lipinski definition) is 4. The molecule has 0 aliphatic rings. The molecule has 1 amide bonds. The fourth-order valence-corrected chi connectivity index (χ4v) is 1.29. The third-order valence-corrected chi connectivity index (χ3v) is 2.17. The normalized spacial score (nSPS) is 9.71. The van der Waals surface area contributed by atoms with Gasteiger partial charge < -0.3 is 10.1 Å². The Morgan fingerprint density at radius 2 is 1.82 bits per heavy atom. The Kier molecular flexibility index (Phi) is 3.30. The maximum absolute atomic E-state index is 11.7. The lowest BCUT2D eigenvalue weighted by Gasteiger charge is -2.05. The molecule has 2 aromatic rings. The second-order valence-electron chi connectivity index (χ2n) is 3.31. The van der Waals surface area contributed by atoms with Crippen molar-refractivity contribution in [1.82, 2.24) is 9.97 Å². The van der Waals surface area contributed by atoms with Gasteiger partial charge in [0.2, 0.25) is 0 Å². The van der Waals surface area contributed by atoms with Gasteiger partial charge in [0.25, 0.3) is 5.91 Å². The number of amides is 1. The summed E-state index contributed by atoms with van der Waals surface area (Å²) >= 11 is 0. The molecule has 0 radical (unpaired) electrons. The fourth-order valence-electron chi connectivity index (χ4n) is 1.29. The minimum absolute atomic E-state index is 0.240. The monoisotopic (exact) mass is 229 g/mol. The van der Waals surface area contributed by atoms with E-state index in [9.17, 15) is 4.79 Å². The lowest BCUT2D eigenvalue weighted by molar-refractivity contribution is 0.102. The van der Waals surface area contributed by atoms with Gasteiger partial charge in [-0.2, -0.15) is 0 Å². The number of carbonyl (C=O) groups excluding carboxylic acids is 1. The predicted molar refractivity (Wildman–Crippen MR) is 63.0 cm³/mol. The molecule has 1 heterocycles. The Labute approximate surface area is 98.5 Å². The molecule has 1 N–H and O–H groups in total. The Hall–Kier alpha value is -2.43. The molecule has 0 aliphatic heterocycles. The van der Waals surface area contributed by atoms with Crippen LogP contribution in [-0.4, -0.2) is 23.0 Å². The Morgan fingerprint density at radius 1 is 1.18 bits per heavy atom. The summed E-state index contributed by atoms with van der Waals surface area (Å²) in [6.07, 6.45) is 4.31. The lowest BCUT2D eigenvalue weighted by Crippen LogP contribution is -2.12. The summed E-state index contributed by atoms with van der Waals surface area (Å²) in [4.78, 5) is 19.3. The minimum Gasteiger partial charge on any atom is -0.497 e. The smallest absolute Gasteiger partial charge is 0.258 e. The number of anilines is 1. The SMILES string of the molecule is COc1ccc(NC(=O)c2cncnc2)cc1. The first-order chi connectivity index (χ1) is 8.29. The van der Waals surface area contributed by atoms with Gasteiger partial charge >= 0.3 is 0 Å². The zero-order valence-electron chi connectivity index (χ0n) is 9.25. The average molecular weight is 229 g/mol. The molecule has 1 aromatic carbocycles. The van der Waals surface area contributed by atoms with E-state index in [2.05, 4.69) is 15.3 Å². The van der Waals surface area contributed by atoms with E-state index in [0.29, 0.717) is 11.3 Å². The molecule has 5 heteroatoms. The van der Waals surface area contributed by atoms with Crippen molar-refractivity contribution in [3.05, 3.63) is 48.5 Å². The molecule has 17 heavy (non-hydrogen) atoms. The van der Waals surface area contributed by atoms with E-state index in [4.69, 9.17) is 4.74 Å². The van der Waals surface area contributed by atoms with E-state index < -0.39 is 0 Å². The topological polar surface area (TPSA) is 64.1 Å². The number of benzene rings is 1. The van der Waals surface area contributed by atoms with Gasteiger partial charge in [0.05, 0.1) is 12.7 Å². The number of rotatable bonds is 3. The van der Waals surface area contributed by atoms with Gasteiger partial charge in [0, 0.05) is 18.1 Å². The number of ether oxygens (including phenoxy) is 1. The van der Waals surface area contributed by atoms with Crippen LogP contribution in [0.4, 0.5) is 5.69 Å². The van der Waals surface area contributed by atoms with Gasteiger partial charge in [-0.1, -0.05) is 0 Å². The first kappa shape index (κ1) is 11.1. The summed E-state index contributed by atoms with van der Waals surface area (Å²) < 4.78 is 5.03. The van der Waals surface area contributed by atoms with Gasteiger partial charge in [-0.05, 0) is 24.3 Å². The molecule has 2 rings (SSSR count). The first-order valence-electron chi connectivity index (χ1n) is 5.00. The highest BCUT2D eigenvalue weighted by atomic mass is 16.5. The van der Waals surface area contributed by atoms with Crippen molar-refractivity contribution in [1.29, 1.82) is 0 Å². The molecule has 0 unspecified atom stereocenters. The van der Waals surface area contributed by atoms with Gasteiger partial charge in [-0.15, -0.1) is 0 Å². The van der Waals surface area contributed by atoms with E-state index in [1.165, 1.54) is 18.7 Å². The van der Waals surface area contributed by atoms with Crippen LogP contribution in [0.25, 0.3) is 0 Å². The maximum atomic E-state index is 11.7.